The number of carboxylic acid groups (broad SMARTS) is 1. The molecule has 0 heterocycles. The lowest BCUT2D eigenvalue weighted by Crippen LogP contribution is -2.34. The van der Waals surface area contributed by atoms with E-state index in [2.05, 4.69) is 84.1 Å². The van der Waals surface area contributed by atoms with Crippen LogP contribution in [-0.2, 0) is 16.2 Å². The first-order chi connectivity index (χ1) is 16.1. The standard InChI is InChI=1S/C18H12I6N2O5.C2H5NO/c1-5-7(19)2-8(20)10(12(5)21)17(29)25-3-9(28)26-16-14(23)6(4-27)13(22)11(15(16)24)18(30)31;1-2(3)4/h2,27H,3-4H2,1H3,(H,25,29)(H,26,28)(H,30,31);1H3,(H2,3,4). The first-order valence-electron chi connectivity index (χ1n) is 9.17. The molecule has 0 bridgehead atoms. The number of carboxylic acids is 1. The summed E-state index contributed by atoms with van der Waals surface area (Å²) >= 11 is 12.1. The second-order valence-corrected chi connectivity index (χ2v) is 13.3. The summed E-state index contributed by atoms with van der Waals surface area (Å²) in [4.78, 5) is 46.2. The van der Waals surface area contributed by atoms with E-state index >= 15 is 0 Å². The zero-order valence-electron chi connectivity index (χ0n) is 17.9. The molecule has 0 radical (unpaired) electrons. The average Bonchev–Trinajstić information content (AvgIpc) is 2.73. The third kappa shape index (κ3) is 9.12. The van der Waals surface area contributed by atoms with Crippen molar-refractivity contribution in [2.75, 3.05) is 11.9 Å². The van der Waals surface area contributed by atoms with Gasteiger partial charge in [0.2, 0.25) is 11.8 Å². The van der Waals surface area contributed by atoms with Crippen LogP contribution in [0.25, 0.3) is 0 Å². The quantitative estimate of drug-likeness (QED) is 0.265. The van der Waals surface area contributed by atoms with Gasteiger partial charge >= 0.3 is 5.97 Å². The van der Waals surface area contributed by atoms with Crippen molar-refractivity contribution in [2.24, 2.45) is 5.73 Å². The van der Waals surface area contributed by atoms with Crippen LogP contribution in [0.15, 0.2) is 6.07 Å². The number of nitrogens with two attached hydrogens (primary N) is 1. The number of aliphatic hydroxyl groups is 1. The molecular formula is C20H17I6N3O6. The molecule has 15 heteroatoms. The highest BCUT2D eigenvalue weighted by atomic mass is 127. The topological polar surface area (TPSA) is 159 Å². The van der Waals surface area contributed by atoms with Crippen LogP contribution in [0.3, 0.4) is 0 Å². The van der Waals surface area contributed by atoms with Crippen molar-refractivity contribution >= 4 is 165 Å². The van der Waals surface area contributed by atoms with Gasteiger partial charge in [0.1, 0.15) is 0 Å². The first kappa shape index (κ1) is 33.7. The summed E-state index contributed by atoms with van der Waals surface area (Å²) < 4.78 is 4.00. The number of hydrogen-bond donors (Lipinski definition) is 5. The molecule has 0 saturated heterocycles. The van der Waals surface area contributed by atoms with Crippen LogP contribution < -0.4 is 16.4 Å². The maximum atomic E-state index is 12.7. The van der Waals surface area contributed by atoms with Gasteiger partial charge in [-0.15, -0.1) is 0 Å². The van der Waals surface area contributed by atoms with E-state index in [1.54, 1.807) is 0 Å². The summed E-state index contributed by atoms with van der Waals surface area (Å²) in [6.45, 7) is 2.59. The SMILES string of the molecule is CC(N)=O.Cc1c(I)cc(I)c(C(=O)NCC(=O)Nc2c(I)c(CO)c(I)c(C(=O)O)c2I)c1I. The predicted octanol–water partition coefficient (Wildman–Crippen LogP) is 4.67. The molecule has 0 aliphatic carbocycles. The van der Waals surface area contributed by atoms with Gasteiger partial charge in [0.15, 0.2) is 0 Å². The van der Waals surface area contributed by atoms with Gasteiger partial charge < -0.3 is 26.6 Å². The van der Waals surface area contributed by atoms with Crippen LogP contribution in [0.1, 0.15) is 38.8 Å². The van der Waals surface area contributed by atoms with Gasteiger partial charge in [-0.05, 0) is 154 Å². The molecule has 0 unspecified atom stereocenters. The number of carbonyl (C=O) groups is 4. The molecule has 190 valence electrons. The highest BCUT2D eigenvalue weighted by Crippen LogP contribution is 2.35. The summed E-state index contributed by atoms with van der Waals surface area (Å²) in [6, 6.07) is 1.91. The van der Waals surface area contributed by atoms with E-state index in [1.807, 2.05) is 80.8 Å². The minimum atomic E-state index is -1.15. The first-order valence-corrected chi connectivity index (χ1v) is 15.6. The fourth-order valence-corrected chi connectivity index (χ4v) is 10.6. The Kier molecular flexibility index (Phi) is 14.7. The minimum Gasteiger partial charge on any atom is -0.478 e. The number of primary amides is 1. The Morgan fingerprint density at radius 1 is 0.914 bits per heavy atom. The highest BCUT2D eigenvalue weighted by molar-refractivity contribution is 14.1. The number of halogens is 6. The van der Waals surface area contributed by atoms with E-state index in [0.29, 0.717) is 27.5 Å². The van der Waals surface area contributed by atoms with E-state index in [0.717, 1.165) is 16.3 Å². The van der Waals surface area contributed by atoms with Gasteiger partial charge in [-0.2, -0.15) is 0 Å². The summed E-state index contributed by atoms with van der Waals surface area (Å²) in [6.07, 6.45) is 0. The van der Waals surface area contributed by atoms with Crippen LogP contribution in [0.2, 0.25) is 0 Å². The molecule has 0 aliphatic heterocycles. The number of nitrogens with one attached hydrogen (secondary N) is 2. The minimum absolute atomic E-state index is 0.0171. The highest BCUT2D eigenvalue weighted by Gasteiger charge is 2.25. The molecule has 0 saturated carbocycles. The lowest BCUT2D eigenvalue weighted by Gasteiger charge is -2.17. The maximum absolute atomic E-state index is 12.7. The van der Waals surface area contributed by atoms with Crippen molar-refractivity contribution in [2.45, 2.75) is 20.5 Å². The van der Waals surface area contributed by atoms with Gasteiger partial charge in [-0.3, -0.25) is 14.4 Å². The Morgan fingerprint density at radius 3 is 1.94 bits per heavy atom. The van der Waals surface area contributed by atoms with E-state index in [4.69, 9.17) is 0 Å². The lowest BCUT2D eigenvalue weighted by molar-refractivity contribution is -0.116. The van der Waals surface area contributed by atoms with Crippen molar-refractivity contribution in [3.8, 4) is 0 Å². The smallest absolute Gasteiger partial charge is 0.337 e. The number of benzene rings is 2. The van der Waals surface area contributed by atoms with Crippen LogP contribution >= 0.6 is 136 Å². The largest absolute Gasteiger partial charge is 0.478 e. The Bertz CT molecular complexity index is 1200. The zero-order chi connectivity index (χ0) is 27.2. The molecule has 0 aromatic heterocycles. The van der Waals surface area contributed by atoms with Gasteiger partial charge in [-0.25, -0.2) is 4.79 Å². The number of rotatable bonds is 6. The molecule has 2 rings (SSSR count). The lowest BCUT2D eigenvalue weighted by atomic mass is 10.1. The van der Waals surface area contributed by atoms with Crippen LogP contribution in [0.4, 0.5) is 5.69 Å². The third-order valence-corrected chi connectivity index (χ3v) is 10.9. The van der Waals surface area contributed by atoms with Crippen molar-refractivity contribution in [1.82, 2.24) is 5.32 Å². The second-order valence-electron chi connectivity index (χ2n) is 6.63. The molecular weight excluding hydrogens is 1140 g/mol. The summed E-state index contributed by atoms with van der Waals surface area (Å²) in [5, 5.41) is 24.5. The van der Waals surface area contributed by atoms with Crippen molar-refractivity contribution in [3.05, 3.63) is 49.7 Å². The summed E-state index contributed by atoms with van der Waals surface area (Å²) in [7, 11) is 0. The Labute approximate surface area is 283 Å². The van der Waals surface area contributed by atoms with E-state index in [9.17, 15) is 29.4 Å². The van der Waals surface area contributed by atoms with Gasteiger partial charge in [0.25, 0.3) is 5.91 Å². The monoisotopic (exact) mass is 1160 g/mol. The predicted molar refractivity (Wildman–Crippen MR) is 183 cm³/mol. The Morgan fingerprint density at radius 2 is 1.46 bits per heavy atom. The summed E-state index contributed by atoms with van der Waals surface area (Å²) in [5.74, 6) is -2.35. The zero-order valence-corrected chi connectivity index (χ0v) is 30.8. The molecule has 35 heavy (non-hydrogen) atoms. The normalized spacial score (nSPS) is 10.2. The van der Waals surface area contributed by atoms with E-state index in [-0.39, 0.29) is 30.5 Å². The fourth-order valence-electron chi connectivity index (χ4n) is 2.48. The molecule has 0 atom stereocenters. The number of aromatic carboxylic acids is 1. The summed E-state index contributed by atoms with van der Waals surface area (Å²) in [5.41, 5.74) is 6.73. The molecule has 3 amide bonds. The van der Waals surface area contributed by atoms with Crippen molar-refractivity contribution in [1.29, 1.82) is 0 Å². The van der Waals surface area contributed by atoms with Crippen molar-refractivity contribution in [3.63, 3.8) is 0 Å². The van der Waals surface area contributed by atoms with Crippen LogP contribution in [0, 0.1) is 28.3 Å². The number of carbonyl (C=O) groups excluding carboxylic acids is 3. The van der Waals surface area contributed by atoms with Gasteiger partial charge in [-0.1, -0.05) is 0 Å². The fraction of sp³-hybridized carbons (Fsp3) is 0.200. The average molecular weight is 1160 g/mol. The van der Waals surface area contributed by atoms with E-state index < -0.39 is 11.9 Å². The Balaban J connectivity index is 0.00000142. The van der Waals surface area contributed by atoms with Gasteiger partial charge in [0.05, 0.1) is 33.5 Å². The maximum Gasteiger partial charge on any atom is 0.337 e. The second kappa shape index (κ2) is 15.3. The number of amides is 3. The van der Waals surface area contributed by atoms with Gasteiger partial charge in [0, 0.05) is 30.3 Å². The van der Waals surface area contributed by atoms with Crippen LogP contribution in [0.5, 0.6) is 0 Å². The molecule has 2 aromatic rings. The molecule has 2 aromatic carbocycles. The molecule has 0 aliphatic rings. The number of anilines is 1. The molecule has 6 N–H and O–H groups in total. The third-order valence-electron chi connectivity index (χ3n) is 4.08. The van der Waals surface area contributed by atoms with Crippen LogP contribution in [-0.4, -0.2) is 40.4 Å². The molecule has 0 spiro atoms. The number of hydrogen-bond acceptors (Lipinski definition) is 5. The molecule has 9 nitrogen and oxygen atoms in total. The number of aliphatic hydroxyl groups excluding tert-OH is 1. The molecule has 0 fully saturated rings. The van der Waals surface area contributed by atoms with E-state index in [1.165, 1.54) is 6.92 Å². The Hall–Kier alpha value is 0.660. The van der Waals surface area contributed by atoms with Crippen molar-refractivity contribution < 1.29 is 29.4 Å².